The van der Waals surface area contributed by atoms with Crippen molar-refractivity contribution in [2.24, 2.45) is 5.92 Å². The monoisotopic (exact) mass is 388 g/mol. The van der Waals surface area contributed by atoms with E-state index in [0.717, 1.165) is 5.56 Å². The molecule has 1 fully saturated rings. The van der Waals surface area contributed by atoms with E-state index in [-0.39, 0.29) is 23.5 Å². The third kappa shape index (κ3) is 5.28. The second-order valence-electron chi connectivity index (χ2n) is 6.68. The Labute approximate surface area is 162 Å². The summed E-state index contributed by atoms with van der Waals surface area (Å²) in [5.41, 5.74) is 1.33. The molecule has 2 aromatic rings. The highest BCUT2D eigenvalue weighted by molar-refractivity contribution is 5.94. The number of rotatable bonds is 6. The molecule has 7 heteroatoms. The van der Waals surface area contributed by atoms with Crippen LogP contribution >= 0.6 is 0 Å². The molecule has 5 nitrogen and oxygen atoms in total. The number of amides is 2. The lowest BCUT2D eigenvalue weighted by molar-refractivity contribution is -0.126. The minimum Gasteiger partial charge on any atom is -0.435 e. The zero-order valence-corrected chi connectivity index (χ0v) is 15.3. The van der Waals surface area contributed by atoms with E-state index >= 15 is 0 Å². The van der Waals surface area contributed by atoms with Crippen LogP contribution in [0.4, 0.5) is 8.78 Å². The number of ether oxygens (including phenoxy) is 1. The molecule has 1 saturated heterocycles. The van der Waals surface area contributed by atoms with E-state index in [0.29, 0.717) is 38.0 Å². The molecule has 0 spiro atoms. The van der Waals surface area contributed by atoms with Crippen LogP contribution in [0.25, 0.3) is 0 Å². The highest BCUT2D eigenvalue weighted by atomic mass is 19.3. The molecular weight excluding hydrogens is 366 g/mol. The van der Waals surface area contributed by atoms with Crippen LogP contribution in [0, 0.1) is 5.92 Å². The van der Waals surface area contributed by atoms with Crippen molar-refractivity contribution in [1.82, 2.24) is 10.2 Å². The minimum atomic E-state index is -2.93. The molecule has 148 valence electrons. The lowest BCUT2D eigenvalue weighted by Gasteiger charge is -2.31. The van der Waals surface area contributed by atoms with Gasteiger partial charge in [-0.1, -0.05) is 36.4 Å². The molecule has 2 amide bonds. The van der Waals surface area contributed by atoms with E-state index in [2.05, 4.69) is 10.1 Å². The maximum atomic E-state index is 12.6. The van der Waals surface area contributed by atoms with Crippen LogP contribution in [0.5, 0.6) is 5.75 Å². The predicted molar refractivity (Wildman–Crippen MR) is 100.0 cm³/mol. The van der Waals surface area contributed by atoms with Gasteiger partial charge in [0.15, 0.2) is 0 Å². The molecule has 0 atom stereocenters. The van der Waals surface area contributed by atoms with Crippen LogP contribution in [0.15, 0.2) is 54.6 Å². The quantitative estimate of drug-likeness (QED) is 0.825. The highest BCUT2D eigenvalue weighted by Crippen LogP contribution is 2.22. The Balaban J connectivity index is 1.50. The van der Waals surface area contributed by atoms with Crippen LogP contribution < -0.4 is 10.1 Å². The molecular formula is C21H22F2N2O3. The Bertz CT molecular complexity index is 806. The molecule has 0 aliphatic carbocycles. The van der Waals surface area contributed by atoms with Gasteiger partial charge in [-0.25, -0.2) is 0 Å². The van der Waals surface area contributed by atoms with E-state index < -0.39 is 6.61 Å². The molecule has 1 heterocycles. The fourth-order valence-corrected chi connectivity index (χ4v) is 3.26. The SMILES string of the molecule is O=C(NCc1ccccc1)C1CCN(C(=O)c2cccc(OC(F)F)c2)CC1. The van der Waals surface area contributed by atoms with Crippen molar-refractivity contribution in [3.63, 3.8) is 0 Å². The van der Waals surface area contributed by atoms with Gasteiger partial charge in [0.1, 0.15) is 5.75 Å². The number of nitrogens with zero attached hydrogens (tertiary/aromatic N) is 1. The molecule has 0 bridgehead atoms. The summed E-state index contributed by atoms with van der Waals surface area (Å²) in [5, 5.41) is 2.94. The van der Waals surface area contributed by atoms with E-state index in [9.17, 15) is 18.4 Å². The summed E-state index contributed by atoms with van der Waals surface area (Å²) < 4.78 is 29.0. The van der Waals surface area contributed by atoms with Crippen LogP contribution in [0.3, 0.4) is 0 Å². The number of piperidine rings is 1. The van der Waals surface area contributed by atoms with Crippen LogP contribution in [0.1, 0.15) is 28.8 Å². The number of hydrogen-bond donors (Lipinski definition) is 1. The van der Waals surface area contributed by atoms with E-state index in [1.807, 2.05) is 30.3 Å². The average molecular weight is 388 g/mol. The largest absolute Gasteiger partial charge is 0.435 e. The first kappa shape index (κ1) is 19.8. The van der Waals surface area contributed by atoms with Gasteiger partial charge in [-0.2, -0.15) is 8.78 Å². The van der Waals surface area contributed by atoms with Gasteiger partial charge in [-0.3, -0.25) is 9.59 Å². The van der Waals surface area contributed by atoms with Crippen LogP contribution in [-0.4, -0.2) is 36.4 Å². The minimum absolute atomic E-state index is 0.0108. The van der Waals surface area contributed by atoms with Crippen molar-refractivity contribution in [2.75, 3.05) is 13.1 Å². The molecule has 1 N–H and O–H groups in total. The third-order valence-corrected chi connectivity index (χ3v) is 4.77. The van der Waals surface area contributed by atoms with Crippen molar-refractivity contribution >= 4 is 11.8 Å². The molecule has 28 heavy (non-hydrogen) atoms. The third-order valence-electron chi connectivity index (χ3n) is 4.77. The summed E-state index contributed by atoms with van der Waals surface area (Å²) in [4.78, 5) is 26.6. The normalized spacial score (nSPS) is 14.8. The highest BCUT2D eigenvalue weighted by Gasteiger charge is 2.27. The lowest BCUT2D eigenvalue weighted by atomic mass is 9.95. The first-order chi connectivity index (χ1) is 13.5. The van der Waals surface area contributed by atoms with Crippen molar-refractivity contribution in [3.05, 3.63) is 65.7 Å². The van der Waals surface area contributed by atoms with Gasteiger partial charge in [0, 0.05) is 31.1 Å². The van der Waals surface area contributed by atoms with Crippen LogP contribution in [0.2, 0.25) is 0 Å². The van der Waals surface area contributed by atoms with Crippen molar-refractivity contribution in [1.29, 1.82) is 0 Å². The number of benzene rings is 2. The predicted octanol–water partition coefficient (Wildman–Crippen LogP) is 3.46. The number of halogens is 2. The molecule has 1 aliphatic rings. The maximum Gasteiger partial charge on any atom is 0.387 e. The van der Waals surface area contributed by atoms with E-state index in [4.69, 9.17) is 0 Å². The number of hydrogen-bond acceptors (Lipinski definition) is 3. The summed E-state index contributed by atoms with van der Waals surface area (Å²) in [7, 11) is 0. The first-order valence-corrected chi connectivity index (χ1v) is 9.18. The van der Waals surface area contributed by atoms with Gasteiger partial charge in [-0.05, 0) is 36.6 Å². The lowest BCUT2D eigenvalue weighted by Crippen LogP contribution is -2.42. The molecule has 0 unspecified atom stereocenters. The summed E-state index contributed by atoms with van der Waals surface area (Å²) in [6.07, 6.45) is 1.14. The second kappa shape index (κ2) is 9.30. The fourth-order valence-electron chi connectivity index (χ4n) is 3.26. The average Bonchev–Trinajstić information content (AvgIpc) is 2.72. The summed E-state index contributed by atoms with van der Waals surface area (Å²) in [6.45, 7) is -1.56. The molecule has 0 saturated carbocycles. The summed E-state index contributed by atoms with van der Waals surface area (Å²) in [6, 6.07) is 15.4. The van der Waals surface area contributed by atoms with Gasteiger partial charge in [0.25, 0.3) is 5.91 Å². The first-order valence-electron chi connectivity index (χ1n) is 9.18. The van der Waals surface area contributed by atoms with Gasteiger partial charge >= 0.3 is 6.61 Å². The Kier molecular flexibility index (Phi) is 6.57. The molecule has 3 rings (SSSR count). The molecule has 1 aliphatic heterocycles. The molecule has 2 aromatic carbocycles. The summed E-state index contributed by atoms with van der Waals surface area (Å²) >= 11 is 0. The Morgan fingerprint density at radius 1 is 1.07 bits per heavy atom. The summed E-state index contributed by atoms with van der Waals surface area (Å²) in [5.74, 6) is -0.441. The zero-order chi connectivity index (χ0) is 19.9. The zero-order valence-electron chi connectivity index (χ0n) is 15.3. The smallest absolute Gasteiger partial charge is 0.387 e. The van der Waals surface area contributed by atoms with Gasteiger partial charge < -0.3 is 15.0 Å². The Morgan fingerprint density at radius 2 is 1.79 bits per heavy atom. The van der Waals surface area contributed by atoms with E-state index in [1.165, 1.54) is 18.2 Å². The number of likely N-dealkylation sites (tertiary alicyclic amines) is 1. The topological polar surface area (TPSA) is 58.6 Å². The molecule has 0 radical (unpaired) electrons. The number of nitrogens with one attached hydrogen (secondary N) is 1. The number of alkyl halides is 2. The van der Waals surface area contributed by atoms with Crippen molar-refractivity contribution in [2.45, 2.75) is 26.0 Å². The van der Waals surface area contributed by atoms with Crippen molar-refractivity contribution < 1.29 is 23.1 Å². The van der Waals surface area contributed by atoms with Crippen LogP contribution in [-0.2, 0) is 11.3 Å². The van der Waals surface area contributed by atoms with Gasteiger partial charge in [0.2, 0.25) is 5.91 Å². The Hall–Kier alpha value is -2.96. The van der Waals surface area contributed by atoms with Crippen molar-refractivity contribution in [3.8, 4) is 5.75 Å². The second-order valence-corrected chi connectivity index (χ2v) is 6.68. The maximum absolute atomic E-state index is 12.6. The number of carbonyl (C=O) groups is 2. The van der Waals surface area contributed by atoms with E-state index in [1.54, 1.807) is 11.0 Å². The number of carbonyl (C=O) groups excluding carboxylic acids is 2. The molecule has 0 aromatic heterocycles. The van der Waals surface area contributed by atoms with Gasteiger partial charge in [0.05, 0.1) is 0 Å². The standard InChI is InChI=1S/C21H22F2N2O3/c22-21(23)28-18-8-4-7-17(13-18)20(27)25-11-9-16(10-12-25)19(26)24-14-15-5-2-1-3-6-15/h1-8,13,16,21H,9-12,14H2,(H,24,26). The Morgan fingerprint density at radius 3 is 2.46 bits per heavy atom. The van der Waals surface area contributed by atoms with Gasteiger partial charge in [-0.15, -0.1) is 0 Å². The fraction of sp³-hybridized carbons (Fsp3) is 0.333.